The zero-order valence-corrected chi connectivity index (χ0v) is 12.9. The van der Waals surface area contributed by atoms with Crippen LogP contribution < -0.4 is 9.46 Å². The third-order valence-corrected chi connectivity index (χ3v) is 4.30. The van der Waals surface area contributed by atoms with E-state index >= 15 is 0 Å². The van der Waals surface area contributed by atoms with Gasteiger partial charge in [-0.15, -0.1) is 0 Å². The minimum absolute atomic E-state index is 0.180. The van der Waals surface area contributed by atoms with Gasteiger partial charge in [0.2, 0.25) is 10.0 Å². The summed E-state index contributed by atoms with van der Waals surface area (Å²) in [7, 11) is -3.52. The lowest BCUT2D eigenvalue weighted by Gasteiger charge is -2.26. The fourth-order valence-electron chi connectivity index (χ4n) is 1.80. The van der Waals surface area contributed by atoms with Gasteiger partial charge in [-0.2, -0.15) is 0 Å². The summed E-state index contributed by atoms with van der Waals surface area (Å²) in [6.45, 7) is 3.86. The Bertz CT molecular complexity index is 667. The number of hydrogen-bond donors (Lipinski definition) is 1. The van der Waals surface area contributed by atoms with Crippen molar-refractivity contribution in [2.75, 3.05) is 6.54 Å². The van der Waals surface area contributed by atoms with E-state index in [4.69, 9.17) is 4.74 Å². The topological polar surface area (TPSA) is 55.4 Å². The van der Waals surface area contributed by atoms with E-state index in [1.54, 1.807) is 30.3 Å². The van der Waals surface area contributed by atoms with Crippen molar-refractivity contribution in [1.82, 2.24) is 4.72 Å². The Kier molecular flexibility index (Phi) is 4.65. The van der Waals surface area contributed by atoms with Crippen LogP contribution in [0.2, 0.25) is 0 Å². The number of sulfonamides is 1. The van der Waals surface area contributed by atoms with Gasteiger partial charge in [-0.25, -0.2) is 13.1 Å². The van der Waals surface area contributed by atoms with Gasteiger partial charge >= 0.3 is 0 Å². The van der Waals surface area contributed by atoms with E-state index in [1.807, 2.05) is 44.2 Å². The second-order valence-corrected chi connectivity index (χ2v) is 7.08. The first kappa shape index (κ1) is 15.5. The zero-order chi connectivity index (χ0) is 15.3. The van der Waals surface area contributed by atoms with Crippen LogP contribution in [0.3, 0.4) is 0 Å². The number of benzene rings is 2. The number of rotatable bonds is 6. The Labute approximate surface area is 125 Å². The summed E-state index contributed by atoms with van der Waals surface area (Å²) in [6.07, 6.45) is 0. The lowest BCUT2D eigenvalue weighted by molar-refractivity contribution is 0.114. The van der Waals surface area contributed by atoms with Crippen LogP contribution in [0, 0.1) is 0 Å². The van der Waals surface area contributed by atoms with Crippen LogP contribution in [0.25, 0.3) is 0 Å². The highest BCUT2D eigenvalue weighted by atomic mass is 32.2. The van der Waals surface area contributed by atoms with Crippen molar-refractivity contribution in [3.8, 4) is 5.75 Å². The first-order chi connectivity index (χ1) is 9.89. The summed E-state index contributed by atoms with van der Waals surface area (Å²) in [5.41, 5.74) is -0.650. The van der Waals surface area contributed by atoms with Crippen molar-refractivity contribution in [3.05, 3.63) is 60.7 Å². The van der Waals surface area contributed by atoms with Gasteiger partial charge in [0.05, 0.1) is 11.4 Å². The monoisotopic (exact) mass is 305 g/mol. The molecular weight excluding hydrogens is 286 g/mol. The molecule has 4 nitrogen and oxygen atoms in total. The second kappa shape index (κ2) is 6.28. The molecule has 0 atom stereocenters. The molecular formula is C16H19NO3S. The number of hydrogen-bond acceptors (Lipinski definition) is 3. The summed E-state index contributed by atoms with van der Waals surface area (Å²) in [5, 5.41) is 0. The molecule has 0 aliphatic heterocycles. The van der Waals surface area contributed by atoms with E-state index in [9.17, 15) is 8.42 Å². The molecule has 112 valence electrons. The molecule has 0 bridgehead atoms. The number of para-hydroxylation sites is 1. The summed E-state index contributed by atoms with van der Waals surface area (Å²) in [4.78, 5) is 0.250. The molecule has 2 aromatic carbocycles. The highest BCUT2D eigenvalue weighted by Gasteiger charge is 2.23. The van der Waals surface area contributed by atoms with Crippen molar-refractivity contribution in [2.45, 2.75) is 24.3 Å². The Balaban J connectivity index is 2.01. The molecule has 0 heterocycles. The fourth-order valence-corrected chi connectivity index (χ4v) is 3.02. The van der Waals surface area contributed by atoms with E-state index in [-0.39, 0.29) is 11.4 Å². The van der Waals surface area contributed by atoms with Crippen molar-refractivity contribution in [1.29, 1.82) is 0 Å². The third kappa shape index (κ3) is 4.58. The van der Waals surface area contributed by atoms with Crippen molar-refractivity contribution in [3.63, 3.8) is 0 Å². The minimum Gasteiger partial charge on any atom is -0.487 e. The summed E-state index contributed by atoms with van der Waals surface area (Å²) in [5.74, 6) is 0.710. The Morgan fingerprint density at radius 2 is 1.48 bits per heavy atom. The molecule has 0 saturated heterocycles. The molecule has 0 saturated carbocycles. The molecule has 2 rings (SSSR count). The van der Waals surface area contributed by atoms with Gasteiger partial charge in [0, 0.05) is 0 Å². The van der Waals surface area contributed by atoms with Gasteiger partial charge in [0.1, 0.15) is 11.4 Å². The SMILES string of the molecule is CC(C)(CNS(=O)(=O)c1ccccc1)Oc1ccccc1. The first-order valence-corrected chi connectivity index (χ1v) is 8.16. The van der Waals surface area contributed by atoms with E-state index in [0.717, 1.165) is 0 Å². The average molecular weight is 305 g/mol. The highest BCUT2D eigenvalue weighted by Crippen LogP contribution is 2.18. The van der Waals surface area contributed by atoms with E-state index < -0.39 is 15.6 Å². The molecule has 0 radical (unpaired) electrons. The summed E-state index contributed by atoms with van der Waals surface area (Å²) < 4.78 is 32.7. The number of ether oxygens (including phenoxy) is 1. The zero-order valence-electron chi connectivity index (χ0n) is 12.1. The summed E-state index contributed by atoms with van der Waals surface area (Å²) in [6, 6.07) is 17.6. The maximum absolute atomic E-state index is 12.2. The van der Waals surface area contributed by atoms with Gasteiger partial charge < -0.3 is 4.74 Å². The third-order valence-electron chi connectivity index (χ3n) is 2.88. The molecule has 0 amide bonds. The van der Waals surface area contributed by atoms with E-state index in [1.165, 1.54) is 0 Å². The van der Waals surface area contributed by atoms with Crippen molar-refractivity contribution < 1.29 is 13.2 Å². The molecule has 21 heavy (non-hydrogen) atoms. The Morgan fingerprint density at radius 3 is 2.05 bits per heavy atom. The molecule has 0 fully saturated rings. The molecule has 0 aliphatic rings. The van der Waals surface area contributed by atoms with Gasteiger partial charge in [0.15, 0.2) is 0 Å². The predicted octanol–water partition coefficient (Wildman–Crippen LogP) is 2.82. The van der Waals surface area contributed by atoms with E-state index in [2.05, 4.69) is 4.72 Å². The molecule has 5 heteroatoms. The van der Waals surface area contributed by atoms with E-state index in [0.29, 0.717) is 5.75 Å². The first-order valence-electron chi connectivity index (χ1n) is 6.68. The second-order valence-electron chi connectivity index (χ2n) is 5.31. The standard InChI is InChI=1S/C16H19NO3S/c1-16(2,20-14-9-5-3-6-10-14)13-17-21(18,19)15-11-7-4-8-12-15/h3-12,17H,13H2,1-2H3. The smallest absolute Gasteiger partial charge is 0.240 e. The maximum Gasteiger partial charge on any atom is 0.240 e. The van der Waals surface area contributed by atoms with Gasteiger partial charge in [-0.3, -0.25) is 0 Å². The van der Waals surface area contributed by atoms with Crippen LogP contribution in [-0.2, 0) is 10.0 Å². The number of nitrogens with one attached hydrogen (secondary N) is 1. The Morgan fingerprint density at radius 1 is 0.952 bits per heavy atom. The highest BCUT2D eigenvalue weighted by molar-refractivity contribution is 7.89. The molecule has 0 spiro atoms. The average Bonchev–Trinajstić information content (AvgIpc) is 2.47. The lowest BCUT2D eigenvalue weighted by Crippen LogP contribution is -2.42. The summed E-state index contributed by atoms with van der Waals surface area (Å²) >= 11 is 0. The quantitative estimate of drug-likeness (QED) is 0.893. The van der Waals surface area contributed by atoms with Crippen LogP contribution in [-0.4, -0.2) is 20.6 Å². The minimum atomic E-state index is -3.52. The van der Waals surface area contributed by atoms with Gasteiger partial charge in [-0.05, 0) is 38.1 Å². The molecule has 0 aromatic heterocycles. The Hall–Kier alpha value is -1.85. The fraction of sp³-hybridized carbons (Fsp3) is 0.250. The van der Waals surface area contributed by atoms with Crippen LogP contribution in [0.4, 0.5) is 0 Å². The molecule has 0 aliphatic carbocycles. The van der Waals surface area contributed by atoms with Gasteiger partial charge in [0.25, 0.3) is 0 Å². The molecule has 0 unspecified atom stereocenters. The van der Waals surface area contributed by atoms with Crippen LogP contribution in [0.15, 0.2) is 65.6 Å². The molecule has 2 aromatic rings. The largest absolute Gasteiger partial charge is 0.487 e. The predicted molar refractivity (Wildman–Crippen MR) is 82.8 cm³/mol. The van der Waals surface area contributed by atoms with Crippen LogP contribution in [0.5, 0.6) is 5.75 Å². The molecule has 1 N–H and O–H groups in total. The maximum atomic E-state index is 12.2. The van der Waals surface area contributed by atoms with Crippen molar-refractivity contribution >= 4 is 10.0 Å². The normalized spacial score (nSPS) is 12.1. The van der Waals surface area contributed by atoms with Crippen LogP contribution >= 0.6 is 0 Å². The lowest BCUT2D eigenvalue weighted by atomic mass is 10.1. The van der Waals surface area contributed by atoms with Crippen molar-refractivity contribution in [2.24, 2.45) is 0 Å². The van der Waals surface area contributed by atoms with Gasteiger partial charge in [-0.1, -0.05) is 36.4 Å². The van der Waals surface area contributed by atoms with Crippen LogP contribution in [0.1, 0.15) is 13.8 Å².